The van der Waals surface area contributed by atoms with Crippen LogP contribution >= 0.6 is 11.3 Å². The minimum atomic E-state index is -0.218. The summed E-state index contributed by atoms with van der Waals surface area (Å²) in [5.74, 6) is -0.379. The summed E-state index contributed by atoms with van der Waals surface area (Å²) in [6, 6.07) is 7.23. The SMILES string of the molecule is Cc1ccc(C(=O)CC(=O)c2csc(C)n2)cc1. The number of Topliss-reactive ketones (excluding diaryl/α,β-unsaturated/α-hetero) is 2. The van der Waals surface area contributed by atoms with Crippen LogP contribution < -0.4 is 0 Å². The van der Waals surface area contributed by atoms with Crippen molar-refractivity contribution in [2.75, 3.05) is 0 Å². The summed E-state index contributed by atoms with van der Waals surface area (Å²) in [6.45, 7) is 3.79. The molecule has 0 aliphatic carbocycles. The first-order chi connectivity index (χ1) is 8.56. The molecule has 1 aromatic carbocycles. The van der Waals surface area contributed by atoms with Gasteiger partial charge in [0.2, 0.25) is 0 Å². The van der Waals surface area contributed by atoms with E-state index < -0.39 is 0 Å². The van der Waals surface area contributed by atoms with Gasteiger partial charge in [-0.2, -0.15) is 0 Å². The number of aromatic nitrogens is 1. The highest BCUT2D eigenvalue weighted by Gasteiger charge is 2.15. The van der Waals surface area contributed by atoms with E-state index >= 15 is 0 Å². The van der Waals surface area contributed by atoms with E-state index in [2.05, 4.69) is 4.98 Å². The highest BCUT2D eigenvalue weighted by Crippen LogP contribution is 2.12. The number of hydrogen-bond donors (Lipinski definition) is 0. The number of rotatable bonds is 4. The number of nitrogens with zero attached hydrogens (tertiary/aromatic N) is 1. The molecule has 4 heteroatoms. The van der Waals surface area contributed by atoms with Gasteiger partial charge in [-0.05, 0) is 13.8 Å². The van der Waals surface area contributed by atoms with Gasteiger partial charge in [0, 0.05) is 10.9 Å². The van der Waals surface area contributed by atoms with Gasteiger partial charge in [0.05, 0.1) is 11.4 Å². The van der Waals surface area contributed by atoms with Crippen LogP contribution in [0.3, 0.4) is 0 Å². The molecule has 2 rings (SSSR count). The molecule has 0 saturated carbocycles. The van der Waals surface area contributed by atoms with Gasteiger partial charge in [-0.3, -0.25) is 9.59 Å². The first-order valence-electron chi connectivity index (χ1n) is 5.61. The van der Waals surface area contributed by atoms with E-state index in [1.165, 1.54) is 11.3 Å². The maximum atomic E-state index is 11.9. The molecule has 0 radical (unpaired) electrons. The molecule has 0 atom stereocenters. The summed E-state index contributed by atoms with van der Waals surface area (Å²) >= 11 is 1.41. The molecule has 0 aliphatic heterocycles. The third kappa shape index (κ3) is 2.90. The first-order valence-corrected chi connectivity index (χ1v) is 6.49. The lowest BCUT2D eigenvalue weighted by Crippen LogP contribution is -2.09. The predicted octanol–water partition coefficient (Wildman–Crippen LogP) is 3.22. The molecule has 0 bridgehead atoms. The second-order valence-electron chi connectivity index (χ2n) is 4.14. The largest absolute Gasteiger partial charge is 0.294 e. The predicted molar refractivity (Wildman–Crippen MR) is 71.3 cm³/mol. The van der Waals surface area contributed by atoms with Gasteiger partial charge in [0.25, 0.3) is 0 Å². The van der Waals surface area contributed by atoms with Crippen molar-refractivity contribution < 1.29 is 9.59 Å². The van der Waals surface area contributed by atoms with Gasteiger partial charge in [0.1, 0.15) is 5.69 Å². The molecule has 92 valence electrons. The van der Waals surface area contributed by atoms with Crippen LogP contribution in [0.25, 0.3) is 0 Å². The molecule has 0 spiro atoms. The van der Waals surface area contributed by atoms with Crippen molar-refractivity contribution in [3.8, 4) is 0 Å². The average Bonchev–Trinajstić information content (AvgIpc) is 2.76. The third-order valence-corrected chi connectivity index (χ3v) is 3.37. The Bertz CT molecular complexity index is 584. The van der Waals surface area contributed by atoms with Crippen LogP contribution in [-0.2, 0) is 0 Å². The van der Waals surface area contributed by atoms with E-state index in [0.717, 1.165) is 10.6 Å². The number of aryl methyl sites for hydroxylation is 2. The molecule has 0 unspecified atom stereocenters. The minimum Gasteiger partial charge on any atom is -0.294 e. The molecule has 1 aromatic heterocycles. The zero-order chi connectivity index (χ0) is 13.1. The number of thiazole rings is 1. The van der Waals surface area contributed by atoms with Crippen molar-refractivity contribution >= 4 is 22.9 Å². The van der Waals surface area contributed by atoms with Gasteiger partial charge in [-0.1, -0.05) is 29.8 Å². The van der Waals surface area contributed by atoms with Crippen LogP contribution in [0, 0.1) is 13.8 Å². The van der Waals surface area contributed by atoms with E-state index in [4.69, 9.17) is 0 Å². The highest BCUT2D eigenvalue weighted by atomic mass is 32.1. The van der Waals surface area contributed by atoms with Gasteiger partial charge >= 0.3 is 0 Å². The molecule has 3 nitrogen and oxygen atoms in total. The lowest BCUT2D eigenvalue weighted by molar-refractivity contribution is 0.0892. The van der Waals surface area contributed by atoms with Crippen molar-refractivity contribution in [3.05, 3.63) is 51.5 Å². The van der Waals surface area contributed by atoms with Gasteiger partial charge in [0.15, 0.2) is 11.6 Å². The summed E-state index contributed by atoms with van der Waals surface area (Å²) in [7, 11) is 0. The number of carbonyl (C=O) groups excluding carboxylic acids is 2. The van der Waals surface area contributed by atoms with Crippen molar-refractivity contribution in [1.82, 2.24) is 4.98 Å². The standard InChI is InChI=1S/C14H13NO2S/c1-9-3-5-11(6-4-9)13(16)7-14(17)12-8-18-10(2)15-12/h3-6,8H,7H2,1-2H3. The van der Waals surface area contributed by atoms with Crippen LogP contribution in [0.4, 0.5) is 0 Å². The summed E-state index contributed by atoms with van der Waals surface area (Å²) in [4.78, 5) is 27.8. The fraction of sp³-hybridized carbons (Fsp3) is 0.214. The smallest absolute Gasteiger partial charge is 0.189 e. The molecular formula is C14H13NO2S. The van der Waals surface area contributed by atoms with E-state index in [1.54, 1.807) is 17.5 Å². The Morgan fingerprint density at radius 2 is 1.78 bits per heavy atom. The second-order valence-corrected chi connectivity index (χ2v) is 5.20. The Balaban J connectivity index is 2.08. The van der Waals surface area contributed by atoms with Crippen LogP contribution in [0.5, 0.6) is 0 Å². The Kier molecular flexibility index (Phi) is 3.67. The van der Waals surface area contributed by atoms with Crippen molar-refractivity contribution in [1.29, 1.82) is 0 Å². The first kappa shape index (κ1) is 12.6. The summed E-state index contributed by atoms with van der Waals surface area (Å²) in [5.41, 5.74) is 2.05. The van der Waals surface area contributed by atoms with Crippen molar-refractivity contribution in [2.45, 2.75) is 20.3 Å². The zero-order valence-electron chi connectivity index (χ0n) is 10.3. The summed E-state index contributed by atoms with van der Waals surface area (Å²) < 4.78 is 0. The maximum Gasteiger partial charge on any atom is 0.189 e. The van der Waals surface area contributed by atoms with Crippen LogP contribution in [0.2, 0.25) is 0 Å². The lowest BCUT2D eigenvalue weighted by atomic mass is 10.0. The monoisotopic (exact) mass is 259 g/mol. The highest BCUT2D eigenvalue weighted by molar-refractivity contribution is 7.09. The quantitative estimate of drug-likeness (QED) is 0.625. The van der Waals surface area contributed by atoms with Crippen LogP contribution in [0.1, 0.15) is 37.8 Å². The summed E-state index contributed by atoms with van der Waals surface area (Å²) in [6.07, 6.45) is -0.119. The third-order valence-electron chi connectivity index (χ3n) is 2.60. The fourth-order valence-corrected chi connectivity index (χ4v) is 2.19. The Labute approximate surface area is 109 Å². The molecule has 18 heavy (non-hydrogen) atoms. The molecular weight excluding hydrogens is 246 g/mol. The van der Waals surface area contributed by atoms with Gasteiger partial charge < -0.3 is 0 Å². The second kappa shape index (κ2) is 5.23. The molecule has 0 N–H and O–H groups in total. The normalized spacial score (nSPS) is 10.3. The minimum absolute atomic E-state index is 0.119. The molecule has 0 amide bonds. The van der Waals surface area contributed by atoms with E-state index in [9.17, 15) is 9.59 Å². The number of benzene rings is 1. The van der Waals surface area contributed by atoms with Crippen LogP contribution in [0.15, 0.2) is 29.6 Å². The molecule has 2 aromatic rings. The Morgan fingerprint density at radius 1 is 1.11 bits per heavy atom. The van der Waals surface area contributed by atoms with Crippen molar-refractivity contribution in [3.63, 3.8) is 0 Å². The summed E-state index contributed by atoms with van der Waals surface area (Å²) in [5, 5.41) is 2.53. The lowest BCUT2D eigenvalue weighted by Gasteiger charge is -2.00. The zero-order valence-corrected chi connectivity index (χ0v) is 11.1. The van der Waals surface area contributed by atoms with Gasteiger partial charge in [-0.25, -0.2) is 4.98 Å². The maximum absolute atomic E-state index is 11.9. The molecule has 1 heterocycles. The molecule has 0 saturated heterocycles. The van der Waals surface area contributed by atoms with E-state index in [-0.39, 0.29) is 18.0 Å². The number of ketones is 2. The average molecular weight is 259 g/mol. The van der Waals surface area contributed by atoms with E-state index in [0.29, 0.717) is 11.3 Å². The number of hydrogen-bond acceptors (Lipinski definition) is 4. The molecule has 0 aliphatic rings. The molecule has 0 fully saturated rings. The van der Waals surface area contributed by atoms with Crippen molar-refractivity contribution in [2.24, 2.45) is 0 Å². The van der Waals surface area contributed by atoms with E-state index in [1.807, 2.05) is 26.0 Å². The van der Waals surface area contributed by atoms with Gasteiger partial charge in [-0.15, -0.1) is 11.3 Å². The topological polar surface area (TPSA) is 47.0 Å². The Hall–Kier alpha value is -1.81. The Morgan fingerprint density at radius 3 is 2.33 bits per heavy atom. The van der Waals surface area contributed by atoms with Crippen LogP contribution in [-0.4, -0.2) is 16.6 Å². The number of carbonyl (C=O) groups is 2. The fourth-order valence-electron chi connectivity index (χ4n) is 1.57.